The lowest BCUT2D eigenvalue weighted by Gasteiger charge is -2.04. The van der Waals surface area contributed by atoms with Crippen LogP contribution < -0.4 is 0 Å². The van der Waals surface area contributed by atoms with Gasteiger partial charge in [-0.05, 0) is 38.2 Å². The first kappa shape index (κ1) is 18.0. The van der Waals surface area contributed by atoms with E-state index >= 15 is 0 Å². The fourth-order valence-electron chi connectivity index (χ4n) is 2.90. The number of hydrogen-bond donors (Lipinski definition) is 0. The van der Waals surface area contributed by atoms with E-state index in [0.717, 1.165) is 0 Å². The number of unbranched alkanes of at least 4 members (excludes halogenated alkanes) is 10. The van der Waals surface area contributed by atoms with Crippen LogP contribution in [-0.4, -0.2) is 0 Å². The molecular weight excluding hydrogens is 252 g/mol. The summed E-state index contributed by atoms with van der Waals surface area (Å²) in [7, 11) is 0. The molecule has 1 aromatic carbocycles. The molecule has 0 aromatic heterocycles. The fourth-order valence-corrected chi connectivity index (χ4v) is 2.90. The van der Waals surface area contributed by atoms with Crippen LogP contribution in [0.5, 0.6) is 0 Å². The van der Waals surface area contributed by atoms with Gasteiger partial charge in [-0.1, -0.05) is 87.3 Å². The maximum atomic E-state index is 3.77. The van der Waals surface area contributed by atoms with Crippen LogP contribution in [0.4, 0.5) is 0 Å². The average molecular weight is 287 g/mol. The number of aryl methyl sites for hydroxylation is 2. The van der Waals surface area contributed by atoms with Crippen LogP contribution in [0.2, 0.25) is 0 Å². The zero-order chi connectivity index (χ0) is 15.2. The molecule has 0 saturated heterocycles. The zero-order valence-corrected chi connectivity index (χ0v) is 14.1. The highest BCUT2D eigenvalue weighted by Crippen LogP contribution is 2.13. The predicted molar refractivity (Wildman–Crippen MR) is 95.9 cm³/mol. The first-order valence-electron chi connectivity index (χ1n) is 8.99. The van der Waals surface area contributed by atoms with Crippen molar-refractivity contribution in [2.24, 2.45) is 0 Å². The summed E-state index contributed by atoms with van der Waals surface area (Å²) in [5, 5.41) is 0. The average Bonchev–Trinajstić information content (AvgIpc) is 2.48. The smallest absolute Gasteiger partial charge is 0.0279 e. The van der Waals surface area contributed by atoms with Gasteiger partial charge in [0, 0.05) is 0 Å². The molecule has 0 spiro atoms. The molecular formula is C21H34. The zero-order valence-electron chi connectivity index (χ0n) is 14.1. The molecule has 0 atom stereocenters. The summed E-state index contributed by atoms with van der Waals surface area (Å²) in [5.41, 5.74) is 2.90. The van der Waals surface area contributed by atoms with Gasteiger partial charge in [0.2, 0.25) is 0 Å². The summed E-state index contributed by atoms with van der Waals surface area (Å²) in [5.74, 6) is 0. The molecule has 118 valence electrons. The number of benzene rings is 1. The van der Waals surface area contributed by atoms with Crippen molar-refractivity contribution in [1.82, 2.24) is 0 Å². The van der Waals surface area contributed by atoms with E-state index in [1.807, 2.05) is 6.08 Å². The monoisotopic (exact) mass is 286 g/mol. The summed E-state index contributed by atoms with van der Waals surface area (Å²) in [6, 6.07) is 8.95. The summed E-state index contributed by atoms with van der Waals surface area (Å²) in [6.07, 6.45) is 18.5. The van der Waals surface area contributed by atoms with E-state index in [1.54, 1.807) is 0 Å². The van der Waals surface area contributed by atoms with Gasteiger partial charge in [-0.15, -0.1) is 6.58 Å². The van der Waals surface area contributed by atoms with Gasteiger partial charge >= 0.3 is 0 Å². The van der Waals surface area contributed by atoms with Crippen molar-refractivity contribution in [2.75, 3.05) is 0 Å². The maximum Gasteiger partial charge on any atom is -0.0279 e. The van der Waals surface area contributed by atoms with Crippen molar-refractivity contribution < 1.29 is 0 Å². The van der Waals surface area contributed by atoms with Crippen molar-refractivity contribution >= 4 is 0 Å². The fraction of sp³-hybridized carbons (Fsp3) is 0.619. The summed E-state index contributed by atoms with van der Waals surface area (Å²) in [6.45, 7) is 5.95. The molecule has 0 aliphatic carbocycles. The van der Waals surface area contributed by atoms with Gasteiger partial charge in [0.1, 0.15) is 0 Å². The Balaban J connectivity index is 1.83. The first-order chi connectivity index (χ1) is 10.3. The Hall–Kier alpha value is -1.04. The molecule has 0 fully saturated rings. The molecule has 0 aliphatic heterocycles. The molecule has 0 heterocycles. The third-order valence-electron chi connectivity index (χ3n) is 4.21. The second-order valence-corrected chi connectivity index (χ2v) is 6.35. The van der Waals surface area contributed by atoms with Crippen LogP contribution in [0.25, 0.3) is 0 Å². The van der Waals surface area contributed by atoms with Crippen LogP contribution in [0.3, 0.4) is 0 Å². The molecule has 1 rings (SSSR count). The maximum absolute atomic E-state index is 3.77. The van der Waals surface area contributed by atoms with Crippen LogP contribution in [0.1, 0.15) is 81.8 Å². The third kappa shape index (κ3) is 10.3. The molecule has 21 heavy (non-hydrogen) atoms. The van der Waals surface area contributed by atoms with Crippen LogP contribution in [0.15, 0.2) is 36.9 Å². The SMILES string of the molecule is C=CCCCCCCCCCCCCc1cccc(C)c1. The van der Waals surface area contributed by atoms with Gasteiger partial charge in [-0.2, -0.15) is 0 Å². The largest absolute Gasteiger partial charge is 0.103 e. The molecule has 0 aliphatic rings. The predicted octanol–water partition coefficient (Wildman–Crippen LogP) is 7.01. The lowest BCUT2D eigenvalue weighted by molar-refractivity contribution is 0.552. The van der Waals surface area contributed by atoms with Gasteiger partial charge in [0.05, 0.1) is 0 Å². The van der Waals surface area contributed by atoms with Gasteiger partial charge in [0.15, 0.2) is 0 Å². The quantitative estimate of drug-likeness (QED) is 0.270. The van der Waals surface area contributed by atoms with Crippen LogP contribution in [0, 0.1) is 6.92 Å². The highest BCUT2D eigenvalue weighted by molar-refractivity contribution is 5.22. The summed E-state index contributed by atoms with van der Waals surface area (Å²) >= 11 is 0. The molecule has 0 saturated carbocycles. The van der Waals surface area contributed by atoms with E-state index in [-0.39, 0.29) is 0 Å². The van der Waals surface area contributed by atoms with E-state index in [2.05, 4.69) is 37.8 Å². The van der Waals surface area contributed by atoms with Crippen molar-refractivity contribution in [3.8, 4) is 0 Å². The second kappa shape index (κ2) is 12.7. The van der Waals surface area contributed by atoms with E-state index in [4.69, 9.17) is 0 Å². The van der Waals surface area contributed by atoms with E-state index < -0.39 is 0 Å². The van der Waals surface area contributed by atoms with Crippen molar-refractivity contribution in [3.63, 3.8) is 0 Å². The summed E-state index contributed by atoms with van der Waals surface area (Å²) < 4.78 is 0. The number of hydrogen-bond acceptors (Lipinski definition) is 0. The van der Waals surface area contributed by atoms with Crippen molar-refractivity contribution in [2.45, 2.75) is 84.0 Å². The minimum Gasteiger partial charge on any atom is -0.103 e. The van der Waals surface area contributed by atoms with E-state index in [0.29, 0.717) is 0 Å². The minimum absolute atomic E-state index is 1.20. The van der Waals surface area contributed by atoms with Crippen LogP contribution in [-0.2, 0) is 6.42 Å². The highest BCUT2D eigenvalue weighted by atomic mass is 14.0. The van der Waals surface area contributed by atoms with Gasteiger partial charge < -0.3 is 0 Å². The molecule has 0 nitrogen and oxygen atoms in total. The Morgan fingerprint density at radius 3 is 1.95 bits per heavy atom. The Morgan fingerprint density at radius 1 is 0.810 bits per heavy atom. The van der Waals surface area contributed by atoms with Crippen molar-refractivity contribution in [3.05, 3.63) is 48.0 Å². The molecule has 0 N–H and O–H groups in total. The molecule has 1 aromatic rings. The Morgan fingerprint density at radius 2 is 1.38 bits per heavy atom. The van der Waals surface area contributed by atoms with E-state index in [1.165, 1.54) is 88.2 Å². The lowest BCUT2D eigenvalue weighted by atomic mass is 10.0. The number of rotatable bonds is 13. The molecule has 0 amide bonds. The summed E-state index contributed by atoms with van der Waals surface area (Å²) in [4.78, 5) is 0. The minimum atomic E-state index is 1.20. The number of allylic oxidation sites excluding steroid dienone is 1. The Bertz CT molecular complexity index is 364. The standard InChI is InChI=1S/C21H34/c1-3-4-5-6-7-8-9-10-11-12-13-14-17-21-18-15-16-20(2)19-21/h3,15-16,18-19H,1,4-14,17H2,2H3. The third-order valence-corrected chi connectivity index (χ3v) is 4.21. The lowest BCUT2D eigenvalue weighted by Crippen LogP contribution is -1.87. The van der Waals surface area contributed by atoms with Gasteiger partial charge in [-0.25, -0.2) is 0 Å². The topological polar surface area (TPSA) is 0 Å². The van der Waals surface area contributed by atoms with Gasteiger partial charge in [0.25, 0.3) is 0 Å². The molecule has 0 bridgehead atoms. The second-order valence-electron chi connectivity index (χ2n) is 6.35. The normalized spacial score (nSPS) is 10.7. The van der Waals surface area contributed by atoms with E-state index in [9.17, 15) is 0 Å². The Labute approximate surface area is 132 Å². The van der Waals surface area contributed by atoms with Gasteiger partial charge in [-0.3, -0.25) is 0 Å². The molecule has 0 heteroatoms. The first-order valence-corrected chi connectivity index (χ1v) is 8.99. The Kier molecular flexibility index (Phi) is 10.9. The molecule has 0 unspecified atom stereocenters. The molecule has 0 radical (unpaired) electrons. The highest BCUT2D eigenvalue weighted by Gasteiger charge is 1.95. The van der Waals surface area contributed by atoms with Crippen LogP contribution >= 0.6 is 0 Å². The van der Waals surface area contributed by atoms with Crippen molar-refractivity contribution in [1.29, 1.82) is 0 Å².